The van der Waals surface area contributed by atoms with Crippen molar-refractivity contribution in [1.82, 2.24) is 5.32 Å². The largest absolute Gasteiger partial charge is 0.497 e. The second-order valence-corrected chi connectivity index (χ2v) is 4.81. The molecule has 0 aliphatic rings. The van der Waals surface area contributed by atoms with Crippen LogP contribution < -0.4 is 10.1 Å². The van der Waals surface area contributed by atoms with Crippen molar-refractivity contribution in [3.63, 3.8) is 0 Å². The zero-order chi connectivity index (χ0) is 15.9. The number of para-hydroxylation sites is 1. The molecule has 1 atom stereocenters. The summed E-state index contributed by atoms with van der Waals surface area (Å²) in [6.07, 6.45) is -0.686. The topological polar surface area (TPSA) is 84.6 Å². The Morgan fingerprint density at radius 3 is 2.55 bits per heavy atom. The molecule has 0 saturated heterocycles. The van der Waals surface area contributed by atoms with Gasteiger partial charge in [-0.3, -0.25) is 10.1 Å². The maximum Gasteiger partial charge on any atom is 0.273 e. The summed E-state index contributed by atoms with van der Waals surface area (Å²) in [6.45, 7) is 0.628. The van der Waals surface area contributed by atoms with Crippen LogP contribution in [0.25, 0.3) is 0 Å². The first-order valence-electron chi connectivity index (χ1n) is 6.87. The fourth-order valence-electron chi connectivity index (χ4n) is 2.13. The van der Waals surface area contributed by atoms with Crippen LogP contribution in [0, 0.1) is 10.1 Å². The van der Waals surface area contributed by atoms with E-state index in [4.69, 9.17) is 4.74 Å². The Hall–Kier alpha value is -2.44. The zero-order valence-corrected chi connectivity index (χ0v) is 12.2. The van der Waals surface area contributed by atoms with Crippen LogP contribution in [0.15, 0.2) is 48.5 Å². The number of ether oxygens (including phenoxy) is 1. The van der Waals surface area contributed by atoms with Gasteiger partial charge in [-0.2, -0.15) is 0 Å². The van der Waals surface area contributed by atoms with Gasteiger partial charge in [0.05, 0.1) is 18.1 Å². The molecule has 0 saturated carbocycles. The molecule has 1 unspecified atom stereocenters. The van der Waals surface area contributed by atoms with Gasteiger partial charge in [0.1, 0.15) is 5.75 Å². The number of hydrogen-bond acceptors (Lipinski definition) is 5. The molecule has 2 aromatic rings. The lowest BCUT2D eigenvalue weighted by Gasteiger charge is -2.13. The van der Waals surface area contributed by atoms with Crippen LogP contribution in [-0.2, 0) is 6.54 Å². The van der Waals surface area contributed by atoms with Crippen LogP contribution in [-0.4, -0.2) is 23.7 Å². The number of aliphatic hydroxyl groups excluding tert-OH is 1. The second kappa shape index (κ2) is 7.53. The Bertz CT molecular complexity index is 628. The Balaban J connectivity index is 1.91. The van der Waals surface area contributed by atoms with Gasteiger partial charge in [-0.25, -0.2) is 0 Å². The minimum atomic E-state index is -0.686. The number of methoxy groups -OCH3 is 1. The molecule has 0 heterocycles. The summed E-state index contributed by atoms with van der Waals surface area (Å²) >= 11 is 0. The van der Waals surface area contributed by atoms with Crippen molar-refractivity contribution in [1.29, 1.82) is 0 Å². The van der Waals surface area contributed by atoms with Crippen molar-refractivity contribution in [2.45, 2.75) is 12.6 Å². The normalized spacial score (nSPS) is 11.9. The average molecular weight is 302 g/mol. The number of aliphatic hydroxyl groups is 1. The number of nitro benzene ring substituents is 1. The summed E-state index contributed by atoms with van der Waals surface area (Å²) in [7, 11) is 1.58. The molecule has 2 rings (SSSR count). The van der Waals surface area contributed by atoms with E-state index in [-0.39, 0.29) is 5.69 Å². The number of rotatable bonds is 7. The molecule has 6 heteroatoms. The molecule has 0 radical (unpaired) electrons. The van der Waals surface area contributed by atoms with E-state index >= 15 is 0 Å². The Morgan fingerprint density at radius 1 is 1.23 bits per heavy atom. The van der Waals surface area contributed by atoms with Crippen molar-refractivity contribution in [2.24, 2.45) is 0 Å². The number of nitro groups is 1. The van der Waals surface area contributed by atoms with E-state index in [2.05, 4.69) is 5.32 Å². The Kier molecular flexibility index (Phi) is 5.46. The minimum Gasteiger partial charge on any atom is -0.497 e. The van der Waals surface area contributed by atoms with E-state index in [0.29, 0.717) is 18.7 Å². The Morgan fingerprint density at radius 2 is 1.91 bits per heavy atom. The molecule has 0 fully saturated rings. The molecular weight excluding hydrogens is 284 g/mol. The summed E-state index contributed by atoms with van der Waals surface area (Å²) < 4.78 is 5.06. The maximum atomic E-state index is 10.9. The number of hydrogen-bond donors (Lipinski definition) is 2. The fourth-order valence-corrected chi connectivity index (χ4v) is 2.13. The van der Waals surface area contributed by atoms with Crippen LogP contribution in [0.1, 0.15) is 17.2 Å². The summed E-state index contributed by atoms with van der Waals surface area (Å²) in [5, 5.41) is 24.1. The first-order valence-corrected chi connectivity index (χ1v) is 6.87. The van der Waals surface area contributed by atoms with Crippen LogP contribution in [0.3, 0.4) is 0 Å². The predicted octanol–water partition coefficient (Wildman–Crippen LogP) is 2.43. The number of benzene rings is 2. The highest BCUT2D eigenvalue weighted by atomic mass is 16.6. The first-order chi connectivity index (χ1) is 10.6. The minimum absolute atomic E-state index is 0.0777. The third-order valence-electron chi connectivity index (χ3n) is 3.34. The standard InChI is InChI=1S/C16H18N2O4/c1-22-14-8-6-12(7-9-14)16(19)11-17-10-13-4-2-3-5-15(13)18(20)21/h2-9,16-17,19H,10-11H2,1H3. The van der Waals surface area contributed by atoms with Crippen LogP contribution in [0.4, 0.5) is 5.69 Å². The maximum absolute atomic E-state index is 10.9. The lowest BCUT2D eigenvalue weighted by Crippen LogP contribution is -2.21. The number of nitrogens with one attached hydrogen (secondary N) is 1. The van der Waals surface area contributed by atoms with E-state index in [9.17, 15) is 15.2 Å². The molecule has 0 amide bonds. The van der Waals surface area contributed by atoms with Gasteiger partial charge in [0.15, 0.2) is 0 Å². The fraction of sp³-hybridized carbons (Fsp3) is 0.250. The van der Waals surface area contributed by atoms with Gasteiger partial charge < -0.3 is 15.2 Å². The lowest BCUT2D eigenvalue weighted by molar-refractivity contribution is -0.385. The molecule has 0 aliphatic heterocycles. The summed E-state index contributed by atoms with van der Waals surface area (Å²) in [5.41, 5.74) is 1.43. The van der Waals surface area contributed by atoms with Crippen LogP contribution >= 0.6 is 0 Å². The quantitative estimate of drug-likeness (QED) is 0.606. The molecule has 0 aliphatic carbocycles. The van der Waals surface area contributed by atoms with Crippen molar-refractivity contribution in [3.8, 4) is 5.75 Å². The molecular formula is C16H18N2O4. The molecule has 0 aromatic heterocycles. The predicted molar refractivity (Wildman–Crippen MR) is 82.8 cm³/mol. The third-order valence-corrected chi connectivity index (χ3v) is 3.34. The van der Waals surface area contributed by atoms with E-state index in [1.807, 2.05) is 0 Å². The highest BCUT2D eigenvalue weighted by Gasteiger charge is 2.13. The van der Waals surface area contributed by atoms with Crippen molar-refractivity contribution < 1.29 is 14.8 Å². The SMILES string of the molecule is COc1ccc(C(O)CNCc2ccccc2[N+](=O)[O-])cc1. The van der Waals surface area contributed by atoms with Crippen molar-refractivity contribution in [2.75, 3.05) is 13.7 Å². The van der Waals surface area contributed by atoms with Gasteiger partial charge >= 0.3 is 0 Å². The molecule has 6 nitrogen and oxygen atoms in total. The van der Waals surface area contributed by atoms with E-state index in [1.165, 1.54) is 6.07 Å². The average Bonchev–Trinajstić information content (AvgIpc) is 2.55. The smallest absolute Gasteiger partial charge is 0.273 e. The summed E-state index contributed by atoms with van der Waals surface area (Å²) in [4.78, 5) is 10.5. The highest BCUT2D eigenvalue weighted by Crippen LogP contribution is 2.19. The molecule has 2 N–H and O–H groups in total. The number of nitrogens with zero attached hydrogens (tertiary/aromatic N) is 1. The third kappa shape index (κ3) is 4.03. The summed E-state index contributed by atoms with van der Waals surface area (Å²) in [6, 6.07) is 13.7. The first kappa shape index (κ1) is 15.9. The zero-order valence-electron chi connectivity index (χ0n) is 12.2. The molecule has 0 bridgehead atoms. The van der Waals surface area contributed by atoms with E-state index in [0.717, 1.165) is 11.3 Å². The second-order valence-electron chi connectivity index (χ2n) is 4.81. The monoisotopic (exact) mass is 302 g/mol. The van der Waals surface area contributed by atoms with Crippen LogP contribution in [0.2, 0.25) is 0 Å². The van der Waals surface area contributed by atoms with Gasteiger partial charge in [-0.05, 0) is 17.7 Å². The van der Waals surface area contributed by atoms with E-state index in [1.54, 1.807) is 49.6 Å². The molecule has 116 valence electrons. The van der Waals surface area contributed by atoms with Crippen molar-refractivity contribution in [3.05, 3.63) is 69.8 Å². The lowest BCUT2D eigenvalue weighted by atomic mass is 10.1. The molecule has 2 aromatic carbocycles. The Labute approximate surface area is 128 Å². The van der Waals surface area contributed by atoms with Gasteiger partial charge in [0.25, 0.3) is 5.69 Å². The van der Waals surface area contributed by atoms with Crippen LogP contribution in [0.5, 0.6) is 5.75 Å². The summed E-state index contributed by atoms with van der Waals surface area (Å²) in [5.74, 6) is 0.726. The van der Waals surface area contributed by atoms with Gasteiger partial charge in [0.2, 0.25) is 0 Å². The van der Waals surface area contributed by atoms with Gasteiger partial charge in [0, 0.05) is 24.7 Å². The molecule has 0 spiro atoms. The van der Waals surface area contributed by atoms with Gasteiger partial charge in [-0.15, -0.1) is 0 Å². The molecule has 22 heavy (non-hydrogen) atoms. The highest BCUT2D eigenvalue weighted by molar-refractivity contribution is 5.39. The van der Waals surface area contributed by atoms with Gasteiger partial charge in [-0.1, -0.05) is 30.3 Å². The van der Waals surface area contributed by atoms with Crippen molar-refractivity contribution >= 4 is 5.69 Å². The van der Waals surface area contributed by atoms with E-state index < -0.39 is 11.0 Å².